The van der Waals surface area contributed by atoms with Crippen molar-refractivity contribution in [1.82, 2.24) is 9.88 Å². The number of amides is 1. The van der Waals surface area contributed by atoms with Crippen LogP contribution in [0, 0.1) is 0 Å². The summed E-state index contributed by atoms with van der Waals surface area (Å²) in [4.78, 5) is 17.9. The number of carbonyl (C=O) groups is 1. The van der Waals surface area contributed by atoms with Crippen molar-refractivity contribution >= 4 is 12.0 Å². The van der Waals surface area contributed by atoms with Gasteiger partial charge in [0.2, 0.25) is 5.91 Å². The highest BCUT2D eigenvalue weighted by molar-refractivity contribution is 5.91. The average Bonchev–Trinajstić information content (AvgIpc) is 3.01. The highest BCUT2D eigenvalue weighted by Gasteiger charge is 2.11. The van der Waals surface area contributed by atoms with Crippen LogP contribution in [0.2, 0.25) is 0 Å². The molecule has 0 aliphatic carbocycles. The number of ether oxygens (including phenoxy) is 1. The summed E-state index contributed by atoms with van der Waals surface area (Å²) in [6.07, 6.45) is 7.89. The molecule has 0 unspecified atom stereocenters. The standard InChI is InChI=1S/C18H18N2O2/c1-20(13-15-3-2-9-19-12-15)18(21)7-5-14-4-6-17-16(11-14)8-10-22-17/h2-7,9,11-12H,8,10,13H2,1H3/b7-5+. The Morgan fingerprint density at radius 2 is 2.32 bits per heavy atom. The molecule has 112 valence electrons. The lowest BCUT2D eigenvalue weighted by molar-refractivity contribution is -0.125. The second kappa shape index (κ2) is 6.43. The second-order valence-corrected chi connectivity index (χ2v) is 5.35. The van der Waals surface area contributed by atoms with E-state index >= 15 is 0 Å². The Morgan fingerprint density at radius 1 is 1.41 bits per heavy atom. The van der Waals surface area contributed by atoms with Crippen LogP contribution in [0.25, 0.3) is 6.08 Å². The summed E-state index contributed by atoms with van der Waals surface area (Å²) >= 11 is 0. The van der Waals surface area contributed by atoms with E-state index in [-0.39, 0.29) is 5.91 Å². The SMILES string of the molecule is CN(Cc1cccnc1)C(=O)/C=C/c1ccc2c(c1)CCO2. The fourth-order valence-corrected chi connectivity index (χ4v) is 2.45. The van der Waals surface area contributed by atoms with Crippen molar-refractivity contribution in [3.63, 3.8) is 0 Å². The maximum atomic E-state index is 12.1. The van der Waals surface area contributed by atoms with E-state index in [4.69, 9.17) is 4.74 Å². The quantitative estimate of drug-likeness (QED) is 0.814. The molecule has 1 aromatic carbocycles. The van der Waals surface area contributed by atoms with Gasteiger partial charge in [0.05, 0.1) is 6.61 Å². The van der Waals surface area contributed by atoms with E-state index in [9.17, 15) is 4.79 Å². The Kier molecular flexibility index (Phi) is 4.19. The molecule has 22 heavy (non-hydrogen) atoms. The van der Waals surface area contributed by atoms with Crippen molar-refractivity contribution in [2.24, 2.45) is 0 Å². The number of benzene rings is 1. The van der Waals surface area contributed by atoms with Crippen molar-refractivity contribution in [3.8, 4) is 5.75 Å². The Labute approximate surface area is 130 Å². The van der Waals surface area contributed by atoms with Crippen LogP contribution in [0.5, 0.6) is 5.75 Å². The Bertz CT molecular complexity index is 695. The smallest absolute Gasteiger partial charge is 0.246 e. The van der Waals surface area contributed by atoms with Crippen molar-refractivity contribution in [3.05, 3.63) is 65.5 Å². The number of likely N-dealkylation sites (N-methyl/N-ethyl adjacent to an activating group) is 1. The van der Waals surface area contributed by atoms with Crippen molar-refractivity contribution < 1.29 is 9.53 Å². The lowest BCUT2D eigenvalue weighted by Crippen LogP contribution is -2.24. The van der Waals surface area contributed by atoms with Gasteiger partial charge in [0.25, 0.3) is 0 Å². The van der Waals surface area contributed by atoms with Crippen LogP contribution in [0.15, 0.2) is 48.8 Å². The molecule has 1 aliphatic rings. The molecule has 0 atom stereocenters. The first kappa shape index (κ1) is 14.3. The van der Waals surface area contributed by atoms with Gasteiger partial charge < -0.3 is 9.64 Å². The van der Waals surface area contributed by atoms with E-state index in [0.717, 1.165) is 29.9 Å². The average molecular weight is 294 g/mol. The van der Waals surface area contributed by atoms with Gasteiger partial charge in [0, 0.05) is 38.5 Å². The number of rotatable bonds is 4. The minimum Gasteiger partial charge on any atom is -0.493 e. The van der Waals surface area contributed by atoms with Crippen LogP contribution in [0.4, 0.5) is 0 Å². The molecule has 0 saturated heterocycles. The van der Waals surface area contributed by atoms with Gasteiger partial charge in [0.1, 0.15) is 5.75 Å². The molecule has 2 heterocycles. The molecule has 3 rings (SSSR count). The van der Waals surface area contributed by atoms with E-state index < -0.39 is 0 Å². The molecule has 1 aromatic heterocycles. The largest absolute Gasteiger partial charge is 0.493 e. The number of fused-ring (bicyclic) bond motifs is 1. The molecule has 2 aromatic rings. The zero-order chi connectivity index (χ0) is 15.4. The predicted molar refractivity (Wildman–Crippen MR) is 85.4 cm³/mol. The van der Waals surface area contributed by atoms with Gasteiger partial charge in [0.15, 0.2) is 0 Å². The number of nitrogens with zero attached hydrogens (tertiary/aromatic N) is 2. The van der Waals surface area contributed by atoms with Crippen LogP contribution < -0.4 is 4.74 Å². The molecule has 1 amide bonds. The van der Waals surface area contributed by atoms with Crippen LogP contribution in [0.3, 0.4) is 0 Å². The summed E-state index contributed by atoms with van der Waals surface area (Å²) in [5, 5.41) is 0. The van der Waals surface area contributed by atoms with E-state index in [2.05, 4.69) is 11.1 Å². The maximum absolute atomic E-state index is 12.1. The second-order valence-electron chi connectivity index (χ2n) is 5.35. The molecule has 0 radical (unpaired) electrons. The van der Waals surface area contributed by atoms with Gasteiger partial charge in [-0.25, -0.2) is 0 Å². The Balaban J connectivity index is 1.63. The van der Waals surface area contributed by atoms with E-state index in [1.807, 2.05) is 30.3 Å². The molecule has 4 heteroatoms. The Morgan fingerprint density at radius 3 is 3.14 bits per heavy atom. The van der Waals surface area contributed by atoms with Crippen LogP contribution in [-0.2, 0) is 17.8 Å². The lowest BCUT2D eigenvalue weighted by atomic mass is 10.1. The number of aromatic nitrogens is 1. The van der Waals surface area contributed by atoms with Crippen LogP contribution >= 0.6 is 0 Å². The van der Waals surface area contributed by atoms with E-state index in [1.165, 1.54) is 5.56 Å². The molecule has 0 spiro atoms. The first-order chi connectivity index (χ1) is 10.7. The highest BCUT2D eigenvalue weighted by Crippen LogP contribution is 2.26. The van der Waals surface area contributed by atoms with Crippen molar-refractivity contribution in [2.75, 3.05) is 13.7 Å². The van der Waals surface area contributed by atoms with Crippen molar-refractivity contribution in [2.45, 2.75) is 13.0 Å². The monoisotopic (exact) mass is 294 g/mol. The number of hydrogen-bond donors (Lipinski definition) is 0. The fraction of sp³-hybridized carbons (Fsp3) is 0.222. The Hall–Kier alpha value is -2.62. The summed E-state index contributed by atoms with van der Waals surface area (Å²) in [5.74, 6) is 0.928. The van der Waals surface area contributed by atoms with Gasteiger partial charge in [-0.2, -0.15) is 0 Å². The summed E-state index contributed by atoms with van der Waals surface area (Å²) in [7, 11) is 1.79. The predicted octanol–water partition coefficient (Wildman–Crippen LogP) is 2.69. The summed E-state index contributed by atoms with van der Waals surface area (Å²) < 4.78 is 5.48. The number of pyridine rings is 1. The number of carbonyl (C=O) groups excluding carboxylic acids is 1. The molecule has 0 bridgehead atoms. The normalized spacial score (nSPS) is 13.0. The third-order valence-electron chi connectivity index (χ3n) is 3.65. The lowest BCUT2D eigenvalue weighted by Gasteiger charge is -2.14. The first-order valence-electron chi connectivity index (χ1n) is 7.30. The van der Waals surface area contributed by atoms with Gasteiger partial charge in [-0.3, -0.25) is 9.78 Å². The van der Waals surface area contributed by atoms with Gasteiger partial charge in [-0.1, -0.05) is 12.1 Å². The first-order valence-corrected chi connectivity index (χ1v) is 7.30. The van der Waals surface area contributed by atoms with Crippen LogP contribution in [-0.4, -0.2) is 29.4 Å². The topological polar surface area (TPSA) is 42.4 Å². The molecule has 0 saturated carbocycles. The van der Waals surface area contributed by atoms with Gasteiger partial charge in [-0.05, 0) is 41.0 Å². The van der Waals surface area contributed by atoms with Gasteiger partial charge in [-0.15, -0.1) is 0 Å². The molecule has 0 N–H and O–H groups in total. The maximum Gasteiger partial charge on any atom is 0.246 e. The highest BCUT2D eigenvalue weighted by atomic mass is 16.5. The minimum absolute atomic E-state index is 0.0272. The van der Waals surface area contributed by atoms with E-state index in [1.54, 1.807) is 30.4 Å². The third-order valence-corrected chi connectivity index (χ3v) is 3.65. The minimum atomic E-state index is -0.0272. The van der Waals surface area contributed by atoms with Crippen LogP contribution in [0.1, 0.15) is 16.7 Å². The van der Waals surface area contributed by atoms with Crippen molar-refractivity contribution in [1.29, 1.82) is 0 Å². The zero-order valence-electron chi connectivity index (χ0n) is 12.5. The molecule has 4 nitrogen and oxygen atoms in total. The third kappa shape index (κ3) is 3.34. The fourth-order valence-electron chi connectivity index (χ4n) is 2.45. The molecule has 1 aliphatic heterocycles. The zero-order valence-corrected chi connectivity index (χ0v) is 12.5. The van der Waals surface area contributed by atoms with Gasteiger partial charge >= 0.3 is 0 Å². The van der Waals surface area contributed by atoms with E-state index in [0.29, 0.717) is 6.54 Å². The molecular weight excluding hydrogens is 276 g/mol. The summed E-state index contributed by atoms with van der Waals surface area (Å²) in [5.41, 5.74) is 3.24. The molecule has 0 fully saturated rings. The summed E-state index contributed by atoms with van der Waals surface area (Å²) in [6, 6.07) is 9.84. The number of hydrogen-bond acceptors (Lipinski definition) is 3. The molecular formula is C18H18N2O2. The summed E-state index contributed by atoms with van der Waals surface area (Å²) in [6.45, 7) is 1.30.